The second-order valence-corrected chi connectivity index (χ2v) is 5.81. The summed E-state index contributed by atoms with van der Waals surface area (Å²) in [5.41, 5.74) is 1.21. The van der Waals surface area contributed by atoms with Gasteiger partial charge >= 0.3 is 11.7 Å². The summed E-state index contributed by atoms with van der Waals surface area (Å²) < 4.78 is 6.85. The van der Waals surface area contributed by atoms with E-state index in [-0.39, 0.29) is 19.6 Å². The van der Waals surface area contributed by atoms with Crippen LogP contribution in [0.3, 0.4) is 0 Å². The summed E-state index contributed by atoms with van der Waals surface area (Å²) in [6.45, 7) is 0.468. The standard InChI is InChI=1S/C16H15N5O4/c22-15(23)12-6-21-13(18-19-16(21)24)7-20(12)8-14-17-11(9-25-14)10-4-2-1-3-5-10/h1-5,9,12H,6-8H2,(H,19,24)(H,22,23). The first-order valence-corrected chi connectivity index (χ1v) is 7.72. The number of hydrogen-bond acceptors (Lipinski definition) is 6. The molecule has 0 saturated carbocycles. The molecular formula is C16H15N5O4. The molecule has 0 fully saturated rings. The van der Waals surface area contributed by atoms with Gasteiger partial charge in [0.15, 0.2) is 0 Å². The summed E-state index contributed by atoms with van der Waals surface area (Å²) in [5, 5.41) is 15.8. The number of rotatable bonds is 4. The van der Waals surface area contributed by atoms with Gasteiger partial charge in [0.05, 0.1) is 19.6 Å². The zero-order chi connectivity index (χ0) is 17.4. The highest BCUT2D eigenvalue weighted by Gasteiger charge is 2.34. The van der Waals surface area contributed by atoms with Gasteiger partial charge in [0.2, 0.25) is 5.89 Å². The Bertz CT molecular complexity index is 958. The van der Waals surface area contributed by atoms with Crippen LogP contribution >= 0.6 is 0 Å². The Balaban J connectivity index is 1.58. The van der Waals surface area contributed by atoms with Crippen LogP contribution in [0.1, 0.15) is 11.7 Å². The molecule has 3 aromatic rings. The summed E-state index contributed by atoms with van der Waals surface area (Å²) in [6.07, 6.45) is 1.55. The molecule has 9 heteroatoms. The molecule has 3 heterocycles. The second-order valence-electron chi connectivity index (χ2n) is 5.81. The monoisotopic (exact) mass is 341 g/mol. The summed E-state index contributed by atoms with van der Waals surface area (Å²) in [7, 11) is 0. The fourth-order valence-electron chi connectivity index (χ4n) is 2.94. The van der Waals surface area contributed by atoms with Crippen molar-refractivity contribution < 1.29 is 14.3 Å². The van der Waals surface area contributed by atoms with Gasteiger partial charge in [-0.15, -0.1) is 0 Å². The van der Waals surface area contributed by atoms with Gasteiger partial charge in [-0.1, -0.05) is 30.3 Å². The third kappa shape index (κ3) is 2.85. The minimum absolute atomic E-state index is 0.0340. The number of benzene rings is 1. The first kappa shape index (κ1) is 15.3. The van der Waals surface area contributed by atoms with Crippen molar-refractivity contribution in [1.82, 2.24) is 24.6 Å². The van der Waals surface area contributed by atoms with Crippen molar-refractivity contribution in [3.05, 3.63) is 58.8 Å². The number of carboxylic acid groups (broad SMARTS) is 1. The van der Waals surface area contributed by atoms with E-state index in [9.17, 15) is 14.7 Å². The summed E-state index contributed by atoms with van der Waals surface area (Å²) in [5.74, 6) is -0.0950. The molecule has 0 aliphatic carbocycles. The SMILES string of the molecule is O=C(O)C1Cn2c(n[nH]c2=O)CN1Cc1nc(-c2ccccc2)co1. The first-order valence-electron chi connectivity index (χ1n) is 7.72. The van der Waals surface area contributed by atoms with Crippen LogP contribution < -0.4 is 5.69 Å². The van der Waals surface area contributed by atoms with E-state index >= 15 is 0 Å². The molecule has 1 atom stereocenters. The number of H-pyrrole nitrogens is 1. The van der Waals surface area contributed by atoms with Crippen LogP contribution in [0.2, 0.25) is 0 Å². The Kier molecular flexibility index (Phi) is 3.69. The number of oxazole rings is 1. The molecule has 0 amide bonds. The van der Waals surface area contributed by atoms with Gasteiger partial charge in [0, 0.05) is 5.56 Å². The molecule has 2 N–H and O–H groups in total. The molecule has 1 aliphatic heterocycles. The number of carbonyl (C=O) groups is 1. The van der Waals surface area contributed by atoms with Gasteiger partial charge in [-0.05, 0) is 0 Å². The van der Waals surface area contributed by atoms with E-state index in [4.69, 9.17) is 4.42 Å². The second kappa shape index (κ2) is 6.02. The van der Waals surface area contributed by atoms with E-state index in [0.717, 1.165) is 5.56 Å². The van der Waals surface area contributed by atoms with E-state index in [2.05, 4.69) is 15.2 Å². The lowest BCUT2D eigenvalue weighted by molar-refractivity contribution is -0.145. The summed E-state index contributed by atoms with van der Waals surface area (Å²) in [4.78, 5) is 29.4. The lowest BCUT2D eigenvalue weighted by Crippen LogP contribution is -2.49. The average Bonchev–Trinajstić information content (AvgIpc) is 3.22. The number of aromatic amines is 1. The highest BCUT2D eigenvalue weighted by atomic mass is 16.4. The number of carboxylic acids is 1. The number of hydrogen-bond donors (Lipinski definition) is 2. The van der Waals surface area contributed by atoms with Crippen molar-refractivity contribution in [2.45, 2.75) is 25.7 Å². The fourth-order valence-corrected chi connectivity index (χ4v) is 2.94. The van der Waals surface area contributed by atoms with Crippen LogP contribution in [0.4, 0.5) is 0 Å². The average molecular weight is 341 g/mol. The smallest absolute Gasteiger partial charge is 0.343 e. The highest BCUT2D eigenvalue weighted by Crippen LogP contribution is 2.21. The molecule has 4 rings (SSSR count). The topological polar surface area (TPSA) is 117 Å². The minimum Gasteiger partial charge on any atom is -0.480 e. The van der Waals surface area contributed by atoms with E-state index in [1.165, 1.54) is 4.57 Å². The number of nitrogens with one attached hydrogen (secondary N) is 1. The number of aromatic nitrogens is 4. The maximum atomic E-state index is 11.7. The molecule has 0 bridgehead atoms. The van der Waals surface area contributed by atoms with Crippen LogP contribution in [0, 0.1) is 0 Å². The molecule has 0 spiro atoms. The molecular weight excluding hydrogens is 326 g/mol. The van der Waals surface area contributed by atoms with Crippen molar-refractivity contribution >= 4 is 5.97 Å². The Morgan fingerprint density at radius 1 is 1.36 bits per heavy atom. The molecule has 0 radical (unpaired) electrons. The highest BCUT2D eigenvalue weighted by molar-refractivity contribution is 5.73. The summed E-state index contributed by atoms with van der Waals surface area (Å²) in [6, 6.07) is 8.72. The maximum absolute atomic E-state index is 11.7. The first-order chi connectivity index (χ1) is 12.1. The van der Waals surface area contributed by atoms with Crippen molar-refractivity contribution in [3.8, 4) is 11.3 Å². The van der Waals surface area contributed by atoms with Crippen LogP contribution in [0.5, 0.6) is 0 Å². The van der Waals surface area contributed by atoms with Crippen LogP contribution in [-0.4, -0.2) is 41.8 Å². The number of fused-ring (bicyclic) bond motifs is 1. The lowest BCUT2D eigenvalue weighted by Gasteiger charge is -2.31. The van der Waals surface area contributed by atoms with E-state index < -0.39 is 17.7 Å². The van der Waals surface area contributed by atoms with Gasteiger partial charge in [-0.3, -0.25) is 14.3 Å². The molecule has 1 aliphatic rings. The molecule has 9 nitrogen and oxygen atoms in total. The zero-order valence-electron chi connectivity index (χ0n) is 13.1. The molecule has 128 valence electrons. The zero-order valence-corrected chi connectivity index (χ0v) is 13.1. The van der Waals surface area contributed by atoms with Crippen LogP contribution in [-0.2, 0) is 24.4 Å². The lowest BCUT2D eigenvalue weighted by atomic mass is 10.2. The molecule has 25 heavy (non-hydrogen) atoms. The summed E-state index contributed by atoms with van der Waals surface area (Å²) >= 11 is 0. The molecule has 1 aromatic carbocycles. The molecule has 0 saturated heterocycles. The molecule has 2 aromatic heterocycles. The van der Waals surface area contributed by atoms with E-state index in [1.807, 2.05) is 30.3 Å². The van der Waals surface area contributed by atoms with Crippen molar-refractivity contribution in [3.63, 3.8) is 0 Å². The van der Waals surface area contributed by atoms with Crippen LogP contribution in [0.15, 0.2) is 45.8 Å². The quantitative estimate of drug-likeness (QED) is 0.717. The Morgan fingerprint density at radius 3 is 2.92 bits per heavy atom. The van der Waals surface area contributed by atoms with E-state index in [1.54, 1.807) is 11.2 Å². The predicted molar refractivity (Wildman–Crippen MR) is 85.5 cm³/mol. The number of nitrogens with zero attached hydrogens (tertiary/aromatic N) is 4. The third-order valence-electron chi connectivity index (χ3n) is 4.22. The third-order valence-corrected chi connectivity index (χ3v) is 4.22. The van der Waals surface area contributed by atoms with Gasteiger partial charge in [-0.25, -0.2) is 14.9 Å². The maximum Gasteiger partial charge on any atom is 0.343 e. The molecule has 1 unspecified atom stereocenters. The van der Waals surface area contributed by atoms with E-state index in [0.29, 0.717) is 17.4 Å². The largest absolute Gasteiger partial charge is 0.480 e. The van der Waals surface area contributed by atoms with Gasteiger partial charge in [-0.2, -0.15) is 5.10 Å². The van der Waals surface area contributed by atoms with Crippen molar-refractivity contribution in [1.29, 1.82) is 0 Å². The Hall–Kier alpha value is -3.20. The van der Waals surface area contributed by atoms with Gasteiger partial charge in [0.1, 0.15) is 23.8 Å². The number of aliphatic carboxylic acids is 1. The van der Waals surface area contributed by atoms with Crippen molar-refractivity contribution in [2.75, 3.05) is 0 Å². The normalized spacial score (nSPS) is 17.4. The Morgan fingerprint density at radius 2 is 2.16 bits per heavy atom. The van der Waals surface area contributed by atoms with Gasteiger partial charge in [0.25, 0.3) is 0 Å². The van der Waals surface area contributed by atoms with Crippen LogP contribution in [0.25, 0.3) is 11.3 Å². The predicted octanol–water partition coefficient (Wildman–Crippen LogP) is 0.695. The van der Waals surface area contributed by atoms with Crippen molar-refractivity contribution in [2.24, 2.45) is 0 Å². The minimum atomic E-state index is -1.01. The fraction of sp³-hybridized carbons (Fsp3) is 0.250. The Labute approximate surface area is 141 Å². The van der Waals surface area contributed by atoms with Gasteiger partial charge < -0.3 is 9.52 Å².